The maximum atomic E-state index is 6.19. The molecule has 63 heavy (non-hydrogen) atoms. The van der Waals surface area contributed by atoms with Crippen LogP contribution in [0.2, 0.25) is 0 Å². The first kappa shape index (κ1) is 49.5. The van der Waals surface area contributed by atoms with Gasteiger partial charge in [-0.1, -0.05) is 59.6 Å². The Hall–Kier alpha value is -4.55. The van der Waals surface area contributed by atoms with Gasteiger partial charge in [-0.3, -0.25) is 0 Å². The van der Waals surface area contributed by atoms with Crippen LogP contribution < -0.4 is 39.6 Å². The van der Waals surface area contributed by atoms with Crippen LogP contribution in [0.25, 0.3) is 0 Å². The summed E-state index contributed by atoms with van der Waals surface area (Å²) in [6.07, 6.45) is 7.84. The Balaban J connectivity index is 1.02. The fraction of sp³-hybridized carbons (Fsp3) is 0.455. The molecular formula is C55H76NO6P+2. The predicted molar refractivity (Wildman–Crippen MR) is 265 cm³/mol. The summed E-state index contributed by atoms with van der Waals surface area (Å²) in [4.78, 5) is 0. The monoisotopic (exact) mass is 878 g/mol. The molecule has 5 aromatic carbocycles. The van der Waals surface area contributed by atoms with Crippen LogP contribution in [0.1, 0.15) is 84.3 Å². The highest BCUT2D eigenvalue weighted by Crippen LogP contribution is 2.56. The molecule has 8 heteroatoms. The number of nitrogens with zero attached hydrogens (tertiary/aromatic N) is 1. The molecule has 0 aromatic heterocycles. The maximum Gasteiger partial charge on any atom is 0.119 e. The molecular weight excluding hydrogens is 802 g/mol. The lowest BCUT2D eigenvalue weighted by Gasteiger charge is -2.33. The number of hydrogen-bond donors (Lipinski definition) is 0. The molecule has 0 aliphatic heterocycles. The summed E-state index contributed by atoms with van der Waals surface area (Å²) in [6.45, 7) is 15.9. The van der Waals surface area contributed by atoms with Gasteiger partial charge in [0, 0.05) is 5.56 Å². The minimum Gasteiger partial charge on any atom is -0.497 e. The molecule has 0 atom stereocenters. The van der Waals surface area contributed by atoms with Gasteiger partial charge < -0.3 is 32.9 Å². The first-order chi connectivity index (χ1) is 30.2. The van der Waals surface area contributed by atoms with Crippen LogP contribution in [0.5, 0.6) is 28.7 Å². The van der Waals surface area contributed by atoms with Gasteiger partial charge in [0.25, 0.3) is 0 Å². The number of likely N-dealkylation sites (N-methyl/N-ethyl adjacent to an activating group) is 1. The van der Waals surface area contributed by atoms with Gasteiger partial charge >= 0.3 is 0 Å². The largest absolute Gasteiger partial charge is 0.497 e. The van der Waals surface area contributed by atoms with Crippen molar-refractivity contribution in [3.63, 3.8) is 0 Å². The van der Waals surface area contributed by atoms with Crippen LogP contribution in [-0.2, 0) is 16.7 Å². The fourth-order valence-corrected chi connectivity index (χ4v) is 13.2. The van der Waals surface area contributed by atoms with E-state index in [0.29, 0.717) is 19.8 Å². The van der Waals surface area contributed by atoms with E-state index in [1.54, 1.807) is 21.3 Å². The first-order valence-electron chi connectivity index (χ1n) is 22.8. The first-order valence-corrected chi connectivity index (χ1v) is 24.8. The molecule has 0 aliphatic carbocycles. The highest BCUT2D eigenvalue weighted by atomic mass is 31.2. The van der Waals surface area contributed by atoms with E-state index in [4.69, 9.17) is 28.4 Å². The summed E-state index contributed by atoms with van der Waals surface area (Å²) < 4.78 is 35.7. The van der Waals surface area contributed by atoms with Gasteiger partial charge in [0.05, 0.1) is 61.4 Å². The second kappa shape index (κ2) is 23.4. The summed E-state index contributed by atoms with van der Waals surface area (Å²) in [5, 5.41) is 4.04. The molecule has 0 radical (unpaired) electrons. The van der Waals surface area contributed by atoms with Gasteiger partial charge in [-0.25, -0.2) is 0 Å². The number of quaternary nitrogens is 1. The number of ether oxygens (including phenoxy) is 6. The lowest BCUT2D eigenvalue weighted by atomic mass is 9.72. The van der Waals surface area contributed by atoms with Gasteiger partial charge in [0.1, 0.15) is 71.6 Å². The standard InChI is InChI=1S/C55H76NO6P/c1-54(2,3)43-55(4,5)45-18-22-50(23-19-45)62-40-39-60-38-36-56(6,7)42-44-16-20-49(21-17-44)61-37-14-12-11-13-15-41-63(51-30-24-46(57-8)25-31-51,52-32-26-47(58-9)27-33-52)53-34-28-48(59-10)29-35-53/h16-35H,11-15,36-43H2,1-10H3/q+2. The smallest absolute Gasteiger partial charge is 0.119 e. The molecule has 0 N–H and O–H groups in total. The van der Waals surface area contributed by atoms with E-state index in [0.717, 1.165) is 91.2 Å². The molecule has 0 amide bonds. The Kier molecular flexibility index (Phi) is 18.4. The van der Waals surface area contributed by atoms with E-state index in [1.807, 2.05) is 0 Å². The number of methoxy groups -OCH3 is 3. The molecule has 5 rings (SSSR count). The molecule has 0 heterocycles. The van der Waals surface area contributed by atoms with E-state index in [2.05, 4.69) is 170 Å². The minimum atomic E-state index is -2.00. The minimum absolute atomic E-state index is 0.125. The Bertz CT molecular complexity index is 1940. The fourth-order valence-electron chi connectivity index (χ4n) is 8.84. The lowest BCUT2D eigenvalue weighted by Crippen LogP contribution is -2.41. The summed E-state index contributed by atoms with van der Waals surface area (Å²) in [6, 6.07) is 43.3. The predicted octanol–water partition coefficient (Wildman–Crippen LogP) is 11.4. The Morgan fingerprint density at radius 1 is 0.460 bits per heavy atom. The molecule has 5 aromatic rings. The van der Waals surface area contributed by atoms with E-state index in [-0.39, 0.29) is 10.8 Å². The van der Waals surface area contributed by atoms with Crippen molar-refractivity contribution in [2.45, 2.75) is 85.1 Å². The van der Waals surface area contributed by atoms with Crippen LogP contribution in [0.3, 0.4) is 0 Å². The normalized spacial score (nSPS) is 12.2. The van der Waals surface area contributed by atoms with Crippen molar-refractivity contribution < 1.29 is 32.9 Å². The zero-order valence-corrected chi connectivity index (χ0v) is 41.0. The summed E-state index contributed by atoms with van der Waals surface area (Å²) in [5.41, 5.74) is 3.05. The molecule has 0 unspecified atom stereocenters. The van der Waals surface area contributed by atoms with Crippen molar-refractivity contribution in [2.75, 3.05) is 74.6 Å². The van der Waals surface area contributed by atoms with Crippen LogP contribution >= 0.6 is 7.26 Å². The van der Waals surface area contributed by atoms with Crippen molar-refractivity contribution in [1.29, 1.82) is 0 Å². The third kappa shape index (κ3) is 15.0. The van der Waals surface area contributed by atoms with Gasteiger partial charge in [-0.2, -0.15) is 0 Å². The van der Waals surface area contributed by atoms with E-state index >= 15 is 0 Å². The van der Waals surface area contributed by atoms with Crippen molar-refractivity contribution >= 4 is 23.2 Å². The Labute approximate surface area is 381 Å². The quantitative estimate of drug-likeness (QED) is 0.0313. The summed E-state index contributed by atoms with van der Waals surface area (Å²) in [5.74, 6) is 4.43. The zero-order valence-electron chi connectivity index (χ0n) is 40.1. The Morgan fingerprint density at radius 2 is 0.889 bits per heavy atom. The molecule has 340 valence electrons. The highest BCUT2D eigenvalue weighted by Gasteiger charge is 2.45. The van der Waals surface area contributed by atoms with Gasteiger partial charge in [0.2, 0.25) is 0 Å². The van der Waals surface area contributed by atoms with Crippen molar-refractivity contribution in [3.05, 3.63) is 132 Å². The molecule has 0 fully saturated rings. The van der Waals surface area contributed by atoms with Crippen LogP contribution in [0.4, 0.5) is 0 Å². The van der Waals surface area contributed by atoms with E-state index < -0.39 is 7.26 Å². The zero-order chi connectivity index (χ0) is 45.4. The average molecular weight is 878 g/mol. The van der Waals surface area contributed by atoms with Crippen LogP contribution in [0, 0.1) is 5.41 Å². The number of rotatable bonds is 26. The third-order valence-corrected chi connectivity index (χ3v) is 16.5. The van der Waals surface area contributed by atoms with Crippen molar-refractivity contribution in [3.8, 4) is 28.7 Å². The number of unbranched alkanes of at least 4 members (excludes halogenated alkanes) is 4. The third-order valence-electron chi connectivity index (χ3n) is 11.9. The number of benzene rings is 5. The van der Waals surface area contributed by atoms with Gasteiger partial charge in [-0.05, 0) is 151 Å². The molecule has 0 saturated carbocycles. The second-order valence-corrected chi connectivity index (χ2v) is 22.9. The van der Waals surface area contributed by atoms with E-state index in [9.17, 15) is 0 Å². The second-order valence-electron chi connectivity index (χ2n) is 19.3. The van der Waals surface area contributed by atoms with Gasteiger partial charge in [0.15, 0.2) is 0 Å². The molecule has 0 spiro atoms. The topological polar surface area (TPSA) is 55.4 Å². The van der Waals surface area contributed by atoms with Crippen LogP contribution in [0.15, 0.2) is 121 Å². The molecule has 0 aliphatic rings. The highest BCUT2D eigenvalue weighted by molar-refractivity contribution is 7.95. The van der Waals surface area contributed by atoms with Crippen molar-refractivity contribution in [1.82, 2.24) is 0 Å². The average Bonchev–Trinajstić information content (AvgIpc) is 3.27. The molecule has 0 bridgehead atoms. The van der Waals surface area contributed by atoms with Crippen molar-refractivity contribution in [2.24, 2.45) is 5.41 Å². The SMILES string of the molecule is COc1ccc([P+](CCCCCCCOc2ccc(C[N+](C)(C)CCOCCOc3ccc(C(C)(C)CC(C)(C)C)cc3)cc2)(c2ccc(OC)cc2)c2ccc(OC)cc2)cc1. The lowest BCUT2D eigenvalue weighted by molar-refractivity contribution is -0.904. The van der Waals surface area contributed by atoms with Gasteiger partial charge in [-0.15, -0.1) is 0 Å². The molecule has 7 nitrogen and oxygen atoms in total. The van der Waals surface area contributed by atoms with Crippen LogP contribution in [-0.4, -0.2) is 79.0 Å². The summed E-state index contributed by atoms with van der Waals surface area (Å²) in [7, 11) is 7.68. The maximum absolute atomic E-state index is 6.19. The van der Waals surface area contributed by atoms with E-state index in [1.165, 1.54) is 33.5 Å². The molecule has 0 saturated heterocycles. The Morgan fingerprint density at radius 3 is 1.37 bits per heavy atom. The number of hydrogen-bond acceptors (Lipinski definition) is 6. The summed E-state index contributed by atoms with van der Waals surface area (Å²) >= 11 is 0.